The van der Waals surface area contributed by atoms with E-state index in [0.29, 0.717) is 17.9 Å². The van der Waals surface area contributed by atoms with Gasteiger partial charge in [-0.2, -0.15) is 0 Å². The lowest BCUT2D eigenvalue weighted by Crippen LogP contribution is -2.33. The zero-order valence-electron chi connectivity index (χ0n) is 10.3. The number of carbonyl (C=O) groups excluding carboxylic acids is 2. The summed E-state index contributed by atoms with van der Waals surface area (Å²) in [6.45, 7) is 5.78. The minimum absolute atomic E-state index is 0.224. The summed E-state index contributed by atoms with van der Waals surface area (Å²) >= 11 is 0. The molecule has 0 saturated carbocycles. The number of imide groups is 1. The van der Waals surface area contributed by atoms with Crippen LogP contribution >= 0.6 is 0 Å². The van der Waals surface area contributed by atoms with Crippen molar-refractivity contribution in [2.75, 3.05) is 6.61 Å². The van der Waals surface area contributed by atoms with Crippen molar-refractivity contribution in [3.8, 4) is 5.75 Å². The summed E-state index contributed by atoms with van der Waals surface area (Å²) in [7, 11) is 0. The molecular formula is C13H17NO3. The Bertz CT molecular complexity index is 413. The van der Waals surface area contributed by atoms with Gasteiger partial charge in [0.15, 0.2) is 0 Å². The Balaban J connectivity index is 2.85. The number of nitrogens with one attached hydrogen (secondary N) is 1. The van der Waals surface area contributed by atoms with Gasteiger partial charge in [0, 0.05) is 5.92 Å². The average Bonchev–Trinajstić information content (AvgIpc) is 2.29. The number of para-hydroxylation sites is 1. The number of carbonyl (C=O) groups is 2. The minimum atomic E-state index is -0.423. The van der Waals surface area contributed by atoms with Crippen molar-refractivity contribution in [1.29, 1.82) is 0 Å². The molecule has 0 spiro atoms. The number of benzene rings is 1. The monoisotopic (exact) mass is 235 g/mol. The number of hydrogen-bond acceptors (Lipinski definition) is 3. The summed E-state index contributed by atoms with van der Waals surface area (Å²) in [4.78, 5) is 23.3. The molecule has 2 amide bonds. The molecule has 0 radical (unpaired) electrons. The first-order chi connectivity index (χ1) is 8.06. The van der Waals surface area contributed by atoms with Crippen LogP contribution in [0.3, 0.4) is 0 Å². The smallest absolute Gasteiger partial charge is 0.261 e. The Morgan fingerprint density at radius 2 is 1.94 bits per heavy atom. The van der Waals surface area contributed by atoms with E-state index < -0.39 is 5.91 Å². The van der Waals surface area contributed by atoms with E-state index in [1.807, 2.05) is 6.92 Å². The zero-order chi connectivity index (χ0) is 12.8. The number of ether oxygens (including phenoxy) is 1. The van der Waals surface area contributed by atoms with E-state index in [9.17, 15) is 9.59 Å². The maximum atomic E-state index is 11.8. The summed E-state index contributed by atoms with van der Waals surface area (Å²) in [6.07, 6.45) is 0. The Morgan fingerprint density at radius 1 is 1.29 bits per heavy atom. The van der Waals surface area contributed by atoms with Crippen molar-refractivity contribution in [2.24, 2.45) is 5.92 Å². The lowest BCUT2D eigenvalue weighted by molar-refractivity contribution is -0.122. The van der Waals surface area contributed by atoms with E-state index in [2.05, 4.69) is 5.32 Å². The molecule has 0 aliphatic carbocycles. The van der Waals surface area contributed by atoms with Gasteiger partial charge in [0.25, 0.3) is 5.91 Å². The largest absolute Gasteiger partial charge is 0.493 e. The van der Waals surface area contributed by atoms with Crippen molar-refractivity contribution in [1.82, 2.24) is 5.32 Å². The molecule has 0 atom stereocenters. The summed E-state index contributed by atoms with van der Waals surface area (Å²) in [6, 6.07) is 6.86. The van der Waals surface area contributed by atoms with Gasteiger partial charge in [0.05, 0.1) is 12.2 Å². The highest BCUT2D eigenvalue weighted by Gasteiger charge is 2.16. The topological polar surface area (TPSA) is 55.4 Å². The number of hydrogen-bond donors (Lipinski definition) is 1. The molecule has 0 aromatic heterocycles. The van der Waals surface area contributed by atoms with E-state index in [4.69, 9.17) is 4.74 Å². The third kappa shape index (κ3) is 3.59. The normalized spacial score (nSPS) is 10.1. The lowest BCUT2D eigenvalue weighted by atomic mass is 10.1. The number of rotatable bonds is 4. The zero-order valence-corrected chi connectivity index (χ0v) is 10.3. The molecule has 0 aliphatic heterocycles. The Labute approximate surface area is 101 Å². The molecule has 1 aromatic rings. The molecule has 0 unspecified atom stereocenters. The lowest BCUT2D eigenvalue weighted by Gasteiger charge is -2.10. The van der Waals surface area contributed by atoms with Gasteiger partial charge < -0.3 is 4.74 Å². The first-order valence-corrected chi connectivity index (χ1v) is 5.63. The summed E-state index contributed by atoms with van der Waals surface area (Å²) < 4.78 is 5.33. The highest BCUT2D eigenvalue weighted by molar-refractivity contribution is 6.06. The molecule has 1 aromatic carbocycles. The highest BCUT2D eigenvalue weighted by atomic mass is 16.5. The molecule has 0 saturated heterocycles. The van der Waals surface area contributed by atoms with Crippen LogP contribution in [0.25, 0.3) is 0 Å². The van der Waals surface area contributed by atoms with E-state index in [1.165, 1.54) is 0 Å². The van der Waals surface area contributed by atoms with Gasteiger partial charge in [-0.25, -0.2) is 0 Å². The molecule has 1 N–H and O–H groups in total. The second-order valence-corrected chi connectivity index (χ2v) is 3.90. The molecule has 4 heteroatoms. The summed E-state index contributed by atoms with van der Waals surface area (Å²) in [5.41, 5.74) is 0.378. The van der Waals surface area contributed by atoms with Crippen LogP contribution in [-0.2, 0) is 4.79 Å². The van der Waals surface area contributed by atoms with Crippen molar-refractivity contribution in [3.63, 3.8) is 0 Å². The molecule has 92 valence electrons. The van der Waals surface area contributed by atoms with Crippen molar-refractivity contribution in [3.05, 3.63) is 29.8 Å². The van der Waals surface area contributed by atoms with Crippen LogP contribution in [0, 0.1) is 5.92 Å². The van der Waals surface area contributed by atoms with Crippen molar-refractivity contribution in [2.45, 2.75) is 20.8 Å². The van der Waals surface area contributed by atoms with E-state index >= 15 is 0 Å². The van der Waals surface area contributed by atoms with E-state index in [1.54, 1.807) is 38.1 Å². The molecule has 0 aliphatic rings. The van der Waals surface area contributed by atoms with Crippen LogP contribution in [0.1, 0.15) is 31.1 Å². The van der Waals surface area contributed by atoms with Gasteiger partial charge in [0.1, 0.15) is 5.75 Å². The van der Waals surface area contributed by atoms with Gasteiger partial charge in [-0.15, -0.1) is 0 Å². The Morgan fingerprint density at radius 3 is 2.53 bits per heavy atom. The van der Waals surface area contributed by atoms with Gasteiger partial charge in [-0.3, -0.25) is 14.9 Å². The van der Waals surface area contributed by atoms with Crippen molar-refractivity contribution >= 4 is 11.8 Å². The molecule has 4 nitrogen and oxygen atoms in total. The summed E-state index contributed by atoms with van der Waals surface area (Å²) in [5, 5.41) is 2.34. The predicted molar refractivity (Wildman–Crippen MR) is 64.9 cm³/mol. The molecule has 0 bridgehead atoms. The second-order valence-electron chi connectivity index (χ2n) is 3.90. The summed E-state index contributed by atoms with van der Waals surface area (Å²) in [5.74, 6) is -0.448. The van der Waals surface area contributed by atoms with Crippen LogP contribution < -0.4 is 10.1 Å². The first kappa shape index (κ1) is 13.2. The van der Waals surface area contributed by atoms with Gasteiger partial charge in [-0.05, 0) is 19.1 Å². The fourth-order valence-corrected chi connectivity index (χ4v) is 1.26. The maximum absolute atomic E-state index is 11.8. The fraction of sp³-hybridized carbons (Fsp3) is 0.385. The van der Waals surface area contributed by atoms with Crippen LogP contribution in [0.2, 0.25) is 0 Å². The van der Waals surface area contributed by atoms with Crippen LogP contribution in [-0.4, -0.2) is 18.4 Å². The second kappa shape index (κ2) is 6.03. The van der Waals surface area contributed by atoms with Gasteiger partial charge >= 0.3 is 0 Å². The first-order valence-electron chi connectivity index (χ1n) is 5.63. The minimum Gasteiger partial charge on any atom is -0.493 e. The van der Waals surface area contributed by atoms with Crippen molar-refractivity contribution < 1.29 is 14.3 Å². The molecule has 0 fully saturated rings. The SMILES string of the molecule is CCOc1ccccc1C(=O)NC(=O)C(C)C. The van der Waals surface area contributed by atoms with Crippen LogP contribution in [0.4, 0.5) is 0 Å². The third-order valence-electron chi connectivity index (χ3n) is 2.19. The standard InChI is InChI=1S/C13H17NO3/c1-4-17-11-8-6-5-7-10(11)13(16)14-12(15)9(2)3/h5-9H,4H2,1-3H3,(H,14,15,16). The maximum Gasteiger partial charge on any atom is 0.261 e. The number of amides is 2. The Kier molecular flexibility index (Phi) is 4.69. The molecule has 17 heavy (non-hydrogen) atoms. The van der Waals surface area contributed by atoms with Gasteiger partial charge in [0.2, 0.25) is 5.91 Å². The molecule has 0 heterocycles. The average molecular weight is 235 g/mol. The molecular weight excluding hydrogens is 218 g/mol. The predicted octanol–water partition coefficient (Wildman–Crippen LogP) is 2.00. The quantitative estimate of drug-likeness (QED) is 0.868. The highest BCUT2D eigenvalue weighted by Crippen LogP contribution is 2.17. The third-order valence-corrected chi connectivity index (χ3v) is 2.19. The molecule has 1 rings (SSSR count). The van der Waals surface area contributed by atoms with Crippen LogP contribution in [0.5, 0.6) is 5.75 Å². The van der Waals surface area contributed by atoms with Gasteiger partial charge in [-0.1, -0.05) is 26.0 Å². The fourth-order valence-electron chi connectivity index (χ4n) is 1.26. The van der Waals surface area contributed by atoms with E-state index in [-0.39, 0.29) is 11.8 Å². The Hall–Kier alpha value is -1.84. The van der Waals surface area contributed by atoms with Crippen LogP contribution in [0.15, 0.2) is 24.3 Å². The van der Waals surface area contributed by atoms with E-state index in [0.717, 1.165) is 0 Å².